The van der Waals surface area contributed by atoms with Gasteiger partial charge in [0.25, 0.3) is 0 Å². The Kier molecular flexibility index (Phi) is 7.31. The SMILES string of the molecule is NCCC[C@@H](N)C(=O)OCCC(N)N. The molecule has 0 aromatic carbocycles. The van der Waals surface area contributed by atoms with Crippen molar-refractivity contribution in [3.63, 3.8) is 0 Å². The Hall–Kier alpha value is -0.690. The van der Waals surface area contributed by atoms with Crippen LogP contribution in [-0.4, -0.2) is 31.3 Å². The van der Waals surface area contributed by atoms with Crippen LogP contribution >= 0.6 is 0 Å². The first-order chi connectivity index (χ1) is 6.57. The van der Waals surface area contributed by atoms with E-state index in [0.29, 0.717) is 25.8 Å². The number of carbonyl (C=O) groups excluding carboxylic acids is 1. The van der Waals surface area contributed by atoms with Gasteiger partial charge in [-0.15, -0.1) is 0 Å². The van der Waals surface area contributed by atoms with Crippen molar-refractivity contribution in [2.75, 3.05) is 13.2 Å². The van der Waals surface area contributed by atoms with Crippen molar-refractivity contribution >= 4 is 5.97 Å². The fourth-order valence-electron chi connectivity index (χ4n) is 0.858. The number of carbonyl (C=O) groups is 1. The summed E-state index contributed by atoms with van der Waals surface area (Å²) in [6.07, 6.45) is 1.24. The molecule has 0 aliphatic heterocycles. The molecule has 0 aromatic rings. The van der Waals surface area contributed by atoms with Crippen LogP contribution in [0.4, 0.5) is 0 Å². The molecule has 0 amide bonds. The van der Waals surface area contributed by atoms with Gasteiger partial charge in [-0.25, -0.2) is 0 Å². The minimum atomic E-state index is -0.590. The first-order valence-electron chi connectivity index (χ1n) is 4.71. The van der Waals surface area contributed by atoms with Gasteiger partial charge < -0.3 is 27.7 Å². The Balaban J connectivity index is 3.52. The third kappa shape index (κ3) is 6.79. The predicted octanol–water partition coefficient (Wildman–Crippen LogP) is -1.77. The highest BCUT2D eigenvalue weighted by molar-refractivity contribution is 5.75. The molecule has 6 heteroatoms. The van der Waals surface area contributed by atoms with Crippen molar-refractivity contribution in [1.29, 1.82) is 0 Å². The summed E-state index contributed by atoms with van der Waals surface area (Å²) in [5.74, 6) is -0.417. The van der Waals surface area contributed by atoms with Gasteiger partial charge in [0.2, 0.25) is 0 Å². The second-order valence-electron chi connectivity index (χ2n) is 3.16. The topological polar surface area (TPSA) is 130 Å². The highest BCUT2D eigenvalue weighted by Crippen LogP contribution is 1.96. The molecule has 1 atom stereocenters. The summed E-state index contributed by atoms with van der Waals surface area (Å²) < 4.78 is 4.85. The summed E-state index contributed by atoms with van der Waals surface area (Å²) in [5, 5.41) is 0. The molecule has 0 rings (SSSR count). The van der Waals surface area contributed by atoms with Gasteiger partial charge in [0, 0.05) is 6.42 Å². The second kappa shape index (κ2) is 7.69. The molecule has 0 aliphatic rings. The van der Waals surface area contributed by atoms with Gasteiger partial charge in [0.05, 0.1) is 12.8 Å². The van der Waals surface area contributed by atoms with E-state index in [9.17, 15) is 4.79 Å². The zero-order valence-corrected chi connectivity index (χ0v) is 8.32. The van der Waals surface area contributed by atoms with Crippen LogP contribution in [0, 0.1) is 0 Å². The van der Waals surface area contributed by atoms with E-state index >= 15 is 0 Å². The van der Waals surface area contributed by atoms with Crippen molar-refractivity contribution < 1.29 is 9.53 Å². The smallest absolute Gasteiger partial charge is 0.322 e. The molecule has 0 unspecified atom stereocenters. The maximum Gasteiger partial charge on any atom is 0.322 e. The minimum Gasteiger partial charge on any atom is -0.464 e. The number of hydrogen-bond donors (Lipinski definition) is 4. The van der Waals surface area contributed by atoms with Gasteiger partial charge in [0.15, 0.2) is 0 Å². The molecule has 14 heavy (non-hydrogen) atoms. The highest BCUT2D eigenvalue weighted by Gasteiger charge is 2.13. The number of ether oxygens (including phenoxy) is 1. The minimum absolute atomic E-state index is 0.215. The molecule has 8 N–H and O–H groups in total. The zero-order valence-electron chi connectivity index (χ0n) is 8.32. The molecule has 0 fully saturated rings. The van der Waals surface area contributed by atoms with Gasteiger partial charge >= 0.3 is 5.97 Å². The normalized spacial score (nSPS) is 12.9. The van der Waals surface area contributed by atoms with Crippen LogP contribution in [0.1, 0.15) is 19.3 Å². The number of esters is 1. The molecule has 0 bridgehead atoms. The number of hydrogen-bond acceptors (Lipinski definition) is 6. The lowest BCUT2D eigenvalue weighted by molar-refractivity contribution is -0.145. The average Bonchev–Trinajstić information content (AvgIpc) is 2.13. The molecule has 0 saturated heterocycles. The van der Waals surface area contributed by atoms with Gasteiger partial charge in [-0.3, -0.25) is 4.79 Å². The molecule has 0 aliphatic carbocycles. The third-order valence-corrected chi connectivity index (χ3v) is 1.72. The Labute approximate surface area is 83.9 Å². The molecule has 0 radical (unpaired) electrons. The summed E-state index contributed by atoms with van der Waals surface area (Å²) in [5.41, 5.74) is 21.4. The molecule has 0 saturated carbocycles. The predicted molar refractivity (Wildman–Crippen MR) is 54.0 cm³/mol. The molecule has 6 nitrogen and oxygen atoms in total. The quantitative estimate of drug-likeness (QED) is 0.287. The molecule has 84 valence electrons. The Bertz CT molecular complexity index is 163. The lowest BCUT2D eigenvalue weighted by Gasteiger charge is -2.11. The lowest BCUT2D eigenvalue weighted by atomic mass is 10.2. The van der Waals surface area contributed by atoms with Crippen molar-refractivity contribution in [2.45, 2.75) is 31.5 Å². The second-order valence-corrected chi connectivity index (χ2v) is 3.16. The van der Waals surface area contributed by atoms with E-state index in [0.717, 1.165) is 0 Å². The number of rotatable bonds is 7. The Morgan fingerprint density at radius 3 is 2.36 bits per heavy atom. The average molecular weight is 204 g/mol. The monoisotopic (exact) mass is 204 g/mol. The first kappa shape index (κ1) is 13.3. The van der Waals surface area contributed by atoms with Crippen LogP contribution in [0.15, 0.2) is 0 Å². The van der Waals surface area contributed by atoms with E-state index < -0.39 is 18.2 Å². The maximum atomic E-state index is 11.2. The van der Waals surface area contributed by atoms with Crippen LogP contribution in [-0.2, 0) is 9.53 Å². The van der Waals surface area contributed by atoms with Crippen molar-refractivity contribution in [3.05, 3.63) is 0 Å². The summed E-state index contributed by atoms with van der Waals surface area (Å²) in [6, 6.07) is -0.590. The molecular formula is C8H20N4O2. The van der Waals surface area contributed by atoms with E-state index in [4.69, 9.17) is 27.7 Å². The Morgan fingerprint density at radius 2 is 1.86 bits per heavy atom. The molecule has 0 aromatic heterocycles. The van der Waals surface area contributed by atoms with Crippen molar-refractivity contribution in [1.82, 2.24) is 0 Å². The molecule has 0 heterocycles. The van der Waals surface area contributed by atoms with Crippen LogP contribution < -0.4 is 22.9 Å². The Morgan fingerprint density at radius 1 is 1.21 bits per heavy atom. The third-order valence-electron chi connectivity index (χ3n) is 1.72. The lowest BCUT2D eigenvalue weighted by Crippen LogP contribution is -2.35. The van der Waals surface area contributed by atoms with E-state index in [1.54, 1.807) is 0 Å². The van der Waals surface area contributed by atoms with Gasteiger partial charge in [-0.2, -0.15) is 0 Å². The van der Waals surface area contributed by atoms with Crippen molar-refractivity contribution in [2.24, 2.45) is 22.9 Å². The zero-order chi connectivity index (χ0) is 11.0. The van der Waals surface area contributed by atoms with Crippen molar-refractivity contribution in [3.8, 4) is 0 Å². The van der Waals surface area contributed by atoms with Gasteiger partial charge in [-0.1, -0.05) is 0 Å². The van der Waals surface area contributed by atoms with E-state index in [1.165, 1.54) is 0 Å². The molecule has 0 spiro atoms. The highest BCUT2D eigenvalue weighted by atomic mass is 16.5. The molecular weight excluding hydrogens is 184 g/mol. The number of nitrogens with two attached hydrogens (primary N) is 4. The van der Waals surface area contributed by atoms with E-state index in [2.05, 4.69) is 0 Å². The van der Waals surface area contributed by atoms with E-state index in [-0.39, 0.29) is 6.61 Å². The van der Waals surface area contributed by atoms with Crippen LogP contribution in [0.2, 0.25) is 0 Å². The summed E-state index contributed by atoms with van der Waals surface area (Å²) in [4.78, 5) is 11.2. The fraction of sp³-hybridized carbons (Fsp3) is 0.875. The van der Waals surface area contributed by atoms with Crippen LogP contribution in [0.3, 0.4) is 0 Å². The summed E-state index contributed by atoms with van der Waals surface area (Å²) >= 11 is 0. The van der Waals surface area contributed by atoms with E-state index in [1.807, 2.05) is 0 Å². The summed E-state index contributed by atoms with van der Waals surface area (Å²) in [7, 11) is 0. The largest absolute Gasteiger partial charge is 0.464 e. The van der Waals surface area contributed by atoms with Crippen LogP contribution in [0.5, 0.6) is 0 Å². The van der Waals surface area contributed by atoms with Crippen LogP contribution in [0.25, 0.3) is 0 Å². The fourth-order valence-corrected chi connectivity index (χ4v) is 0.858. The van der Waals surface area contributed by atoms with Gasteiger partial charge in [-0.05, 0) is 19.4 Å². The summed E-state index contributed by atoms with van der Waals surface area (Å²) in [6.45, 7) is 0.738. The maximum absolute atomic E-state index is 11.2. The van der Waals surface area contributed by atoms with Gasteiger partial charge in [0.1, 0.15) is 6.04 Å². The standard InChI is InChI=1S/C8H20N4O2/c9-4-1-2-6(10)8(13)14-5-3-7(11)12/h6-7H,1-5,9-12H2/t6-/m1/s1. The first-order valence-corrected chi connectivity index (χ1v) is 4.71.